The summed E-state index contributed by atoms with van der Waals surface area (Å²) in [6.45, 7) is -0.318. The lowest BCUT2D eigenvalue weighted by Crippen LogP contribution is -2.10. The maximum Gasteiger partial charge on any atom is 0.416 e. The highest BCUT2D eigenvalue weighted by molar-refractivity contribution is 5.27. The molecule has 0 aliphatic rings. The Balaban J connectivity index is 3.01. The summed E-state index contributed by atoms with van der Waals surface area (Å²) in [6.07, 6.45) is -5.98. The minimum Gasteiger partial charge on any atom is -0.327 e. The number of alkyl halides is 4. The Bertz CT molecular complexity index is 308. The molecule has 78 valence electrons. The topological polar surface area (TPSA) is 26.0 Å². The van der Waals surface area contributed by atoms with Crippen LogP contribution in [0.25, 0.3) is 0 Å². The van der Waals surface area contributed by atoms with Gasteiger partial charge in [0.05, 0.1) is 5.56 Å². The lowest BCUT2D eigenvalue weighted by molar-refractivity contribution is -0.137. The summed E-state index contributed by atoms with van der Waals surface area (Å²) in [5.74, 6) is 0. The van der Waals surface area contributed by atoms with Gasteiger partial charge in [-0.15, -0.1) is 0 Å². The molecule has 1 atom stereocenters. The Kier molecular flexibility index (Phi) is 3.10. The first-order valence-corrected chi connectivity index (χ1v) is 3.96. The second-order valence-corrected chi connectivity index (χ2v) is 2.83. The predicted octanol–water partition coefficient (Wildman–Crippen LogP) is 2.67. The van der Waals surface area contributed by atoms with Gasteiger partial charge >= 0.3 is 6.18 Å². The number of benzene rings is 1. The maximum atomic E-state index is 12.9. The van der Waals surface area contributed by atoms with E-state index in [2.05, 4.69) is 0 Å². The molecule has 1 rings (SSSR count). The molecule has 2 N–H and O–H groups in total. The molecule has 0 spiro atoms. The maximum absolute atomic E-state index is 12.9. The van der Waals surface area contributed by atoms with Gasteiger partial charge < -0.3 is 5.73 Å². The summed E-state index contributed by atoms with van der Waals surface area (Å²) < 4.78 is 49.5. The third kappa shape index (κ3) is 2.45. The van der Waals surface area contributed by atoms with Crippen molar-refractivity contribution in [3.8, 4) is 0 Å². The third-order valence-corrected chi connectivity index (χ3v) is 1.78. The van der Waals surface area contributed by atoms with E-state index in [-0.39, 0.29) is 12.1 Å². The van der Waals surface area contributed by atoms with E-state index >= 15 is 0 Å². The van der Waals surface area contributed by atoms with Gasteiger partial charge in [-0.3, -0.25) is 0 Å². The van der Waals surface area contributed by atoms with Gasteiger partial charge in [-0.25, -0.2) is 4.39 Å². The van der Waals surface area contributed by atoms with Crippen LogP contribution in [0.3, 0.4) is 0 Å². The fourth-order valence-electron chi connectivity index (χ4n) is 1.05. The molecule has 1 unspecified atom stereocenters. The molecule has 0 aliphatic carbocycles. The summed E-state index contributed by atoms with van der Waals surface area (Å²) in [6, 6.07) is 4.12. The van der Waals surface area contributed by atoms with Crippen LogP contribution >= 0.6 is 0 Å². The molecule has 0 radical (unpaired) electrons. The third-order valence-electron chi connectivity index (χ3n) is 1.78. The van der Waals surface area contributed by atoms with Crippen molar-refractivity contribution in [1.82, 2.24) is 0 Å². The van der Waals surface area contributed by atoms with E-state index in [1.165, 1.54) is 12.1 Å². The lowest BCUT2D eigenvalue weighted by Gasteiger charge is -2.10. The molecule has 5 heteroatoms. The van der Waals surface area contributed by atoms with E-state index in [1.54, 1.807) is 0 Å². The second kappa shape index (κ2) is 3.96. The molecule has 1 aromatic carbocycles. The Labute approximate surface area is 78.5 Å². The zero-order valence-electron chi connectivity index (χ0n) is 7.18. The second-order valence-electron chi connectivity index (χ2n) is 2.83. The molecule has 0 saturated heterocycles. The van der Waals surface area contributed by atoms with Gasteiger partial charge in [0.25, 0.3) is 0 Å². The Morgan fingerprint density at radius 2 is 1.93 bits per heavy atom. The molecule has 1 nitrogen and oxygen atoms in total. The largest absolute Gasteiger partial charge is 0.416 e. The van der Waals surface area contributed by atoms with E-state index in [4.69, 9.17) is 5.73 Å². The van der Waals surface area contributed by atoms with Gasteiger partial charge in [-0.05, 0) is 17.7 Å². The molecule has 0 aromatic heterocycles. The number of halogens is 4. The molecule has 0 amide bonds. The van der Waals surface area contributed by atoms with Crippen molar-refractivity contribution in [2.45, 2.75) is 12.3 Å². The van der Waals surface area contributed by atoms with E-state index < -0.39 is 17.9 Å². The van der Waals surface area contributed by atoms with Crippen molar-refractivity contribution in [3.05, 3.63) is 35.4 Å². The summed E-state index contributed by atoms with van der Waals surface area (Å²) >= 11 is 0. The number of nitrogens with two attached hydrogens (primary N) is 1. The van der Waals surface area contributed by atoms with Gasteiger partial charge in [-0.1, -0.05) is 12.1 Å². The molecule has 0 fully saturated rings. The van der Waals surface area contributed by atoms with Crippen molar-refractivity contribution >= 4 is 0 Å². The molecular weight excluding hydrogens is 198 g/mol. The van der Waals surface area contributed by atoms with Crippen molar-refractivity contribution in [3.63, 3.8) is 0 Å². The smallest absolute Gasteiger partial charge is 0.327 e. The quantitative estimate of drug-likeness (QED) is 0.741. The molecule has 1 aromatic rings. The molecule has 14 heavy (non-hydrogen) atoms. The monoisotopic (exact) mass is 207 g/mol. The number of hydrogen-bond acceptors (Lipinski definition) is 1. The minimum atomic E-state index is -4.44. The summed E-state index contributed by atoms with van der Waals surface area (Å²) in [5.41, 5.74) is 4.11. The minimum absolute atomic E-state index is 0.0395. The van der Waals surface area contributed by atoms with Crippen LogP contribution in [0.15, 0.2) is 24.3 Å². The van der Waals surface area contributed by atoms with Crippen LogP contribution in [0.1, 0.15) is 17.3 Å². The average Bonchev–Trinajstić information content (AvgIpc) is 2.15. The fourth-order valence-corrected chi connectivity index (χ4v) is 1.05. The molecular formula is C9H9F4N. The SMILES string of the molecule is NCC(F)c1cccc(C(F)(F)F)c1. The summed E-state index contributed by atoms with van der Waals surface area (Å²) in [4.78, 5) is 0. The Morgan fingerprint density at radius 1 is 1.29 bits per heavy atom. The standard InChI is InChI=1S/C9H9F4N/c10-8(5-14)6-2-1-3-7(4-6)9(11,12)13/h1-4,8H,5,14H2. The van der Waals surface area contributed by atoms with Crippen LogP contribution in [-0.2, 0) is 6.18 Å². The summed E-state index contributed by atoms with van der Waals surface area (Å²) in [7, 11) is 0. The zero-order chi connectivity index (χ0) is 10.8. The first-order valence-electron chi connectivity index (χ1n) is 3.96. The number of rotatable bonds is 2. The van der Waals surface area contributed by atoms with Crippen LogP contribution in [-0.4, -0.2) is 6.54 Å². The molecule has 0 saturated carbocycles. The van der Waals surface area contributed by atoms with E-state index in [9.17, 15) is 17.6 Å². The van der Waals surface area contributed by atoms with Gasteiger partial charge in [0, 0.05) is 6.54 Å². The average molecular weight is 207 g/mol. The number of hydrogen-bond donors (Lipinski definition) is 1. The molecule has 0 bridgehead atoms. The highest BCUT2D eigenvalue weighted by Gasteiger charge is 2.30. The summed E-state index contributed by atoms with van der Waals surface area (Å²) in [5, 5.41) is 0. The van der Waals surface area contributed by atoms with Crippen LogP contribution in [0.5, 0.6) is 0 Å². The lowest BCUT2D eigenvalue weighted by atomic mass is 10.1. The first kappa shape index (κ1) is 11.0. The molecule has 0 aliphatic heterocycles. The van der Waals surface area contributed by atoms with Gasteiger partial charge in [-0.2, -0.15) is 13.2 Å². The van der Waals surface area contributed by atoms with Gasteiger partial charge in [0.15, 0.2) is 0 Å². The van der Waals surface area contributed by atoms with Crippen LogP contribution in [0.4, 0.5) is 17.6 Å². The Hall–Kier alpha value is -1.10. The van der Waals surface area contributed by atoms with E-state index in [0.717, 1.165) is 12.1 Å². The first-order chi connectivity index (χ1) is 6.45. The highest BCUT2D eigenvalue weighted by Crippen LogP contribution is 2.31. The normalized spacial score (nSPS) is 14.1. The van der Waals surface area contributed by atoms with Gasteiger partial charge in [0.1, 0.15) is 6.17 Å². The Morgan fingerprint density at radius 3 is 2.43 bits per heavy atom. The van der Waals surface area contributed by atoms with Crippen LogP contribution in [0.2, 0.25) is 0 Å². The van der Waals surface area contributed by atoms with Gasteiger partial charge in [0.2, 0.25) is 0 Å². The zero-order valence-corrected chi connectivity index (χ0v) is 7.18. The van der Waals surface area contributed by atoms with E-state index in [1.807, 2.05) is 0 Å². The molecule has 0 heterocycles. The van der Waals surface area contributed by atoms with Crippen molar-refractivity contribution < 1.29 is 17.6 Å². The fraction of sp³-hybridized carbons (Fsp3) is 0.333. The van der Waals surface area contributed by atoms with E-state index in [0.29, 0.717) is 0 Å². The van der Waals surface area contributed by atoms with Crippen molar-refractivity contribution in [2.24, 2.45) is 5.73 Å². The van der Waals surface area contributed by atoms with Crippen LogP contribution < -0.4 is 5.73 Å². The van der Waals surface area contributed by atoms with Crippen LogP contribution in [0, 0.1) is 0 Å². The highest BCUT2D eigenvalue weighted by atomic mass is 19.4. The van der Waals surface area contributed by atoms with Crippen molar-refractivity contribution in [2.75, 3.05) is 6.54 Å². The predicted molar refractivity (Wildman–Crippen MR) is 44.3 cm³/mol. The van der Waals surface area contributed by atoms with Crippen molar-refractivity contribution in [1.29, 1.82) is 0 Å².